The molecule has 0 aliphatic carbocycles. The lowest BCUT2D eigenvalue weighted by atomic mass is 9.68. The standard InChI is InChI=1S/C20H26N2O2/c1-19(15-9-5-7-11-17(15)23-3)20(2,22-14-13-21-19)16-10-6-8-12-18(16)24-4/h5-12,21-22H,13-14H2,1-4H3/t19-,20-/m1/s1. The molecule has 0 amide bonds. The lowest BCUT2D eigenvalue weighted by Crippen LogP contribution is -2.67. The number of methoxy groups -OCH3 is 2. The SMILES string of the molecule is COc1ccccc1[C@@]1(C)NCCN[C@]1(C)c1ccccc1OC. The minimum Gasteiger partial charge on any atom is -0.496 e. The van der Waals surface area contributed by atoms with Gasteiger partial charge in [0.15, 0.2) is 0 Å². The molecule has 1 saturated heterocycles. The highest BCUT2D eigenvalue weighted by molar-refractivity contribution is 5.48. The van der Waals surface area contributed by atoms with Crippen molar-refractivity contribution >= 4 is 0 Å². The minimum atomic E-state index is -0.355. The smallest absolute Gasteiger partial charge is 0.123 e. The number of hydrogen-bond acceptors (Lipinski definition) is 4. The van der Waals surface area contributed by atoms with E-state index in [1.165, 1.54) is 0 Å². The normalized spacial score (nSPS) is 26.8. The van der Waals surface area contributed by atoms with Crippen molar-refractivity contribution in [2.75, 3.05) is 27.3 Å². The van der Waals surface area contributed by atoms with E-state index in [9.17, 15) is 0 Å². The van der Waals surface area contributed by atoms with Gasteiger partial charge in [0.2, 0.25) is 0 Å². The summed E-state index contributed by atoms with van der Waals surface area (Å²) in [6, 6.07) is 16.4. The molecule has 0 unspecified atom stereocenters. The van der Waals surface area contributed by atoms with Crippen LogP contribution in [-0.4, -0.2) is 27.3 Å². The summed E-state index contributed by atoms with van der Waals surface area (Å²) in [5.74, 6) is 1.77. The highest BCUT2D eigenvalue weighted by Crippen LogP contribution is 2.47. The fraction of sp³-hybridized carbons (Fsp3) is 0.400. The van der Waals surface area contributed by atoms with Gasteiger partial charge in [0.05, 0.1) is 25.3 Å². The Morgan fingerprint density at radius 3 is 1.46 bits per heavy atom. The lowest BCUT2D eigenvalue weighted by Gasteiger charge is -2.52. The molecule has 0 saturated carbocycles. The molecule has 0 spiro atoms. The zero-order valence-corrected chi connectivity index (χ0v) is 14.8. The minimum absolute atomic E-state index is 0.355. The zero-order valence-electron chi connectivity index (χ0n) is 14.8. The van der Waals surface area contributed by atoms with Crippen molar-refractivity contribution in [3.8, 4) is 11.5 Å². The van der Waals surface area contributed by atoms with Crippen molar-refractivity contribution in [1.82, 2.24) is 10.6 Å². The lowest BCUT2D eigenvalue weighted by molar-refractivity contribution is 0.116. The van der Waals surface area contributed by atoms with Crippen LogP contribution in [0.3, 0.4) is 0 Å². The Kier molecular flexibility index (Phi) is 4.52. The predicted octanol–water partition coefficient (Wildman–Crippen LogP) is 3.03. The summed E-state index contributed by atoms with van der Waals surface area (Å²) in [6.07, 6.45) is 0. The number of para-hydroxylation sites is 2. The van der Waals surface area contributed by atoms with Crippen LogP contribution in [0, 0.1) is 0 Å². The Bertz CT molecular complexity index is 657. The van der Waals surface area contributed by atoms with Crippen LogP contribution in [0.1, 0.15) is 25.0 Å². The molecule has 1 aliphatic heterocycles. The average Bonchev–Trinajstić information content (AvgIpc) is 2.64. The first-order valence-electron chi connectivity index (χ1n) is 8.34. The Morgan fingerprint density at radius 2 is 1.08 bits per heavy atom. The molecule has 0 radical (unpaired) electrons. The average molecular weight is 326 g/mol. The highest BCUT2D eigenvalue weighted by atomic mass is 16.5. The summed E-state index contributed by atoms with van der Waals surface area (Å²) in [4.78, 5) is 0. The van der Waals surface area contributed by atoms with Gasteiger partial charge in [-0.3, -0.25) is 0 Å². The molecule has 1 aliphatic rings. The third-order valence-electron chi connectivity index (χ3n) is 5.37. The van der Waals surface area contributed by atoms with E-state index in [1.807, 2.05) is 24.3 Å². The van der Waals surface area contributed by atoms with Gasteiger partial charge in [0.1, 0.15) is 11.5 Å². The summed E-state index contributed by atoms with van der Waals surface area (Å²) in [5.41, 5.74) is 1.56. The number of nitrogens with one attached hydrogen (secondary N) is 2. The molecule has 2 aromatic carbocycles. The quantitative estimate of drug-likeness (QED) is 0.906. The third kappa shape index (κ3) is 2.46. The van der Waals surface area contributed by atoms with Crippen LogP contribution in [0.15, 0.2) is 48.5 Å². The summed E-state index contributed by atoms with van der Waals surface area (Å²) in [7, 11) is 3.44. The number of benzene rings is 2. The summed E-state index contributed by atoms with van der Waals surface area (Å²) in [5, 5.41) is 7.46. The Hall–Kier alpha value is -2.04. The molecule has 2 atom stereocenters. The van der Waals surface area contributed by atoms with E-state index < -0.39 is 0 Å². The monoisotopic (exact) mass is 326 g/mol. The molecular formula is C20H26N2O2. The van der Waals surface area contributed by atoms with Crippen molar-refractivity contribution in [3.05, 3.63) is 59.7 Å². The summed E-state index contributed by atoms with van der Waals surface area (Å²) >= 11 is 0. The number of rotatable bonds is 4. The van der Waals surface area contributed by atoms with E-state index in [-0.39, 0.29) is 11.1 Å². The maximum absolute atomic E-state index is 5.65. The Morgan fingerprint density at radius 1 is 0.708 bits per heavy atom. The van der Waals surface area contributed by atoms with E-state index in [0.29, 0.717) is 0 Å². The van der Waals surface area contributed by atoms with Gasteiger partial charge < -0.3 is 20.1 Å². The van der Waals surface area contributed by atoms with Crippen LogP contribution in [-0.2, 0) is 11.1 Å². The Balaban J connectivity index is 2.21. The van der Waals surface area contributed by atoms with Gasteiger partial charge >= 0.3 is 0 Å². The Labute approximate surface area is 144 Å². The topological polar surface area (TPSA) is 42.5 Å². The van der Waals surface area contributed by atoms with Crippen molar-refractivity contribution in [2.45, 2.75) is 24.9 Å². The zero-order chi connectivity index (χ0) is 17.2. The van der Waals surface area contributed by atoms with Crippen LogP contribution < -0.4 is 20.1 Å². The van der Waals surface area contributed by atoms with Crippen molar-refractivity contribution in [1.29, 1.82) is 0 Å². The molecule has 4 nitrogen and oxygen atoms in total. The second kappa shape index (κ2) is 6.46. The molecule has 0 aromatic heterocycles. The van der Waals surface area contributed by atoms with Gasteiger partial charge in [0.25, 0.3) is 0 Å². The largest absolute Gasteiger partial charge is 0.496 e. The van der Waals surface area contributed by atoms with Gasteiger partial charge in [-0.1, -0.05) is 36.4 Å². The molecule has 2 N–H and O–H groups in total. The third-order valence-corrected chi connectivity index (χ3v) is 5.37. The summed E-state index contributed by atoms with van der Waals surface area (Å²) in [6.45, 7) is 6.23. The molecule has 24 heavy (non-hydrogen) atoms. The van der Waals surface area contributed by atoms with Crippen LogP contribution in [0.2, 0.25) is 0 Å². The maximum atomic E-state index is 5.65. The second-order valence-corrected chi connectivity index (χ2v) is 6.50. The second-order valence-electron chi connectivity index (χ2n) is 6.50. The first-order valence-corrected chi connectivity index (χ1v) is 8.34. The van der Waals surface area contributed by atoms with Crippen LogP contribution in [0.4, 0.5) is 0 Å². The molecule has 3 rings (SSSR count). The predicted molar refractivity (Wildman–Crippen MR) is 96.7 cm³/mol. The molecule has 4 heteroatoms. The fourth-order valence-electron chi connectivity index (χ4n) is 3.82. The van der Waals surface area contributed by atoms with Gasteiger partial charge in [0, 0.05) is 24.2 Å². The fourth-order valence-corrected chi connectivity index (χ4v) is 3.82. The van der Waals surface area contributed by atoms with Crippen LogP contribution in [0.5, 0.6) is 11.5 Å². The highest BCUT2D eigenvalue weighted by Gasteiger charge is 2.51. The van der Waals surface area contributed by atoms with E-state index in [1.54, 1.807) is 14.2 Å². The van der Waals surface area contributed by atoms with Gasteiger partial charge in [-0.05, 0) is 26.0 Å². The first-order chi connectivity index (χ1) is 11.6. The molecule has 128 valence electrons. The van der Waals surface area contributed by atoms with Crippen LogP contribution in [0.25, 0.3) is 0 Å². The van der Waals surface area contributed by atoms with E-state index in [2.05, 4.69) is 48.7 Å². The number of hydrogen-bond donors (Lipinski definition) is 2. The molecular weight excluding hydrogens is 300 g/mol. The summed E-state index contributed by atoms with van der Waals surface area (Å²) < 4.78 is 11.3. The van der Waals surface area contributed by atoms with E-state index >= 15 is 0 Å². The van der Waals surface area contributed by atoms with Crippen molar-refractivity contribution in [2.24, 2.45) is 0 Å². The molecule has 1 heterocycles. The molecule has 1 fully saturated rings. The molecule has 0 bridgehead atoms. The van der Waals surface area contributed by atoms with E-state index in [0.717, 1.165) is 35.7 Å². The molecule has 2 aromatic rings. The van der Waals surface area contributed by atoms with Crippen molar-refractivity contribution < 1.29 is 9.47 Å². The van der Waals surface area contributed by atoms with Gasteiger partial charge in [-0.25, -0.2) is 0 Å². The van der Waals surface area contributed by atoms with Gasteiger partial charge in [-0.2, -0.15) is 0 Å². The maximum Gasteiger partial charge on any atom is 0.123 e. The number of ether oxygens (including phenoxy) is 2. The van der Waals surface area contributed by atoms with Crippen molar-refractivity contribution in [3.63, 3.8) is 0 Å². The van der Waals surface area contributed by atoms with Crippen LogP contribution >= 0.6 is 0 Å². The first kappa shape index (κ1) is 16.8. The number of piperazine rings is 1. The van der Waals surface area contributed by atoms with Gasteiger partial charge in [-0.15, -0.1) is 0 Å². The van der Waals surface area contributed by atoms with E-state index in [4.69, 9.17) is 9.47 Å².